The number of aromatic nitrogens is 4. The van der Waals surface area contributed by atoms with Crippen molar-refractivity contribution in [1.29, 1.82) is 0 Å². The zero-order valence-electron chi connectivity index (χ0n) is 18.8. The van der Waals surface area contributed by atoms with E-state index in [4.69, 9.17) is 27.2 Å². The Labute approximate surface area is 202 Å². The molecule has 0 bridgehead atoms. The van der Waals surface area contributed by atoms with Crippen LogP contribution >= 0.6 is 11.6 Å². The molecule has 0 saturated carbocycles. The van der Waals surface area contributed by atoms with Gasteiger partial charge in [-0.2, -0.15) is 5.10 Å². The Kier molecular flexibility index (Phi) is 6.06. The van der Waals surface area contributed by atoms with Crippen molar-refractivity contribution in [2.45, 2.75) is 31.2 Å². The second kappa shape index (κ2) is 9.30. The molecule has 0 spiro atoms. The van der Waals surface area contributed by atoms with Crippen molar-refractivity contribution in [3.05, 3.63) is 60.9 Å². The van der Waals surface area contributed by atoms with Crippen molar-refractivity contribution in [3.63, 3.8) is 0 Å². The minimum absolute atomic E-state index is 0.0284. The van der Waals surface area contributed by atoms with Gasteiger partial charge in [0.1, 0.15) is 34.7 Å². The predicted molar refractivity (Wildman–Crippen MR) is 132 cm³/mol. The second-order valence-electron chi connectivity index (χ2n) is 8.39. The number of para-hydroxylation sites is 1. The number of hydrogen-bond donors (Lipinski definition) is 1. The number of amides is 1. The number of benzene rings is 2. The fourth-order valence-electron chi connectivity index (χ4n) is 4.36. The van der Waals surface area contributed by atoms with Crippen LogP contribution in [-0.2, 0) is 4.79 Å². The van der Waals surface area contributed by atoms with Crippen LogP contribution < -0.4 is 10.5 Å². The third kappa shape index (κ3) is 4.28. The van der Waals surface area contributed by atoms with Crippen LogP contribution in [0.1, 0.15) is 25.8 Å². The van der Waals surface area contributed by atoms with Gasteiger partial charge in [0, 0.05) is 18.7 Å². The maximum atomic E-state index is 12.5. The summed E-state index contributed by atoms with van der Waals surface area (Å²) in [5.41, 5.74) is 8.51. The molecule has 8 nitrogen and oxygen atoms in total. The molecule has 1 saturated heterocycles. The maximum Gasteiger partial charge on any atom is 0.240 e. The van der Waals surface area contributed by atoms with Gasteiger partial charge in [-0.25, -0.2) is 14.6 Å². The minimum Gasteiger partial charge on any atom is -0.457 e. The largest absolute Gasteiger partial charge is 0.457 e. The van der Waals surface area contributed by atoms with E-state index in [1.54, 1.807) is 11.8 Å². The monoisotopic (exact) mass is 476 g/mol. The summed E-state index contributed by atoms with van der Waals surface area (Å²) in [7, 11) is 0. The lowest BCUT2D eigenvalue weighted by Crippen LogP contribution is -2.43. The molecule has 1 amide bonds. The summed E-state index contributed by atoms with van der Waals surface area (Å²) in [6, 6.07) is 17.3. The van der Waals surface area contributed by atoms with Crippen molar-refractivity contribution in [2.75, 3.05) is 18.8 Å². The third-order valence-electron chi connectivity index (χ3n) is 6.02. The summed E-state index contributed by atoms with van der Waals surface area (Å²) in [6.07, 6.45) is 3.19. The van der Waals surface area contributed by atoms with Gasteiger partial charge in [0.2, 0.25) is 5.91 Å². The topological polar surface area (TPSA) is 99.2 Å². The molecule has 2 aromatic carbocycles. The molecule has 0 radical (unpaired) electrons. The van der Waals surface area contributed by atoms with Crippen molar-refractivity contribution < 1.29 is 9.53 Å². The number of halogens is 1. The molecule has 1 unspecified atom stereocenters. The third-order valence-corrected chi connectivity index (χ3v) is 6.21. The lowest BCUT2D eigenvalue weighted by molar-refractivity contribution is -0.132. The summed E-state index contributed by atoms with van der Waals surface area (Å²) >= 11 is 6.06. The molecule has 9 heteroatoms. The molecule has 3 heterocycles. The van der Waals surface area contributed by atoms with E-state index < -0.39 is 5.38 Å². The van der Waals surface area contributed by atoms with Gasteiger partial charge in [-0.05, 0) is 56.2 Å². The average Bonchev–Trinajstić information content (AvgIpc) is 3.26. The Bertz CT molecular complexity index is 1310. The van der Waals surface area contributed by atoms with Crippen LogP contribution in [0.25, 0.3) is 22.3 Å². The number of fused-ring (bicyclic) bond motifs is 1. The zero-order valence-corrected chi connectivity index (χ0v) is 19.5. The lowest BCUT2D eigenvalue weighted by Gasteiger charge is -2.33. The van der Waals surface area contributed by atoms with Crippen LogP contribution in [0, 0.1) is 0 Å². The van der Waals surface area contributed by atoms with E-state index in [0.29, 0.717) is 35.6 Å². The van der Waals surface area contributed by atoms with Gasteiger partial charge >= 0.3 is 0 Å². The first kappa shape index (κ1) is 22.2. The smallest absolute Gasteiger partial charge is 0.240 e. The van der Waals surface area contributed by atoms with Gasteiger partial charge < -0.3 is 15.4 Å². The number of nitrogens with zero attached hydrogens (tertiary/aromatic N) is 5. The van der Waals surface area contributed by atoms with Gasteiger partial charge in [0.25, 0.3) is 0 Å². The normalized spacial score (nSPS) is 17.0. The highest BCUT2D eigenvalue weighted by atomic mass is 35.5. The molecule has 34 heavy (non-hydrogen) atoms. The van der Waals surface area contributed by atoms with E-state index >= 15 is 0 Å². The second-order valence-corrected chi connectivity index (χ2v) is 9.04. The first-order chi connectivity index (χ1) is 16.5. The van der Waals surface area contributed by atoms with Crippen molar-refractivity contribution in [3.8, 4) is 22.8 Å². The molecule has 0 aliphatic carbocycles. The van der Waals surface area contributed by atoms with Crippen LogP contribution in [0.15, 0.2) is 60.9 Å². The number of anilines is 1. The summed E-state index contributed by atoms with van der Waals surface area (Å²) in [5.74, 6) is 1.80. The number of hydrogen-bond acceptors (Lipinski definition) is 6. The average molecular weight is 477 g/mol. The summed E-state index contributed by atoms with van der Waals surface area (Å²) in [6.45, 7) is 2.92. The Balaban J connectivity index is 1.49. The molecule has 2 N–H and O–H groups in total. The number of piperidine rings is 1. The first-order valence-corrected chi connectivity index (χ1v) is 11.7. The molecule has 174 valence electrons. The van der Waals surface area contributed by atoms with Crippen LogP contribution in [0.2, 0.25) is 0 Å². The molecule has 1 fully saturated rings. The first-order valence-electron chi connectivity index (χ1n) is 11.3. The van der Waals surface area contributed by atoms with E-state index in [1.165, 1.54) is 6.33 Å². The number of rotatable bonds is 5. The van der Waals surface area contributed by atoms with E-state index in [9.17, 15) is 4.79 Å². The Morgan fingerprint density at radius 1 is 1.12 bits per heavy atom. The van der Waals surface area contributed by atoms with Gasteiger partial charge in [0.05, 0.1) is 11.4 Å². The highest BCUT2D eigenvalue weighted by molar-refractivity contribution is 6.30. The number of nitrogens with two attached hydrogens (primary N) is 1. The molecule has 5 rings (SSSR count). The van der Waals surface area contributed by atoms with Gasteiger partial charge in [-0.1, -0.05) is 18.2 Å². The van der Waals surface area contributed by atoms with Gasteiger partial charge in [-0.15, -0.1) is 11.6 Å². The summed E-state index contributed by atoms with van der Waals surface area (Å²) < 4.78 is 7.80. The zero-order chi connectivity index (χ0) is 23.7. The Morgan fingerprint density at radius 2 is 1.85 bits per heavy atom. The standard InChI is InChI=1S/C25H25ClN6O2/c1-16(26)25(33)31-13-5-6-18(14-31)32-24-21(23(27)28-15-29-24)22(30-32)17-9-11-20(12-10-17)34-19-7-3-2-4-8-19/h2-4,7-12,15-16,18H,5-6,13-14H2,1H3,(H2,27,28,29)/t16?,18-/m0/s1. The summed E-state index contributed by atoms with van der Waals surface area (Å²) in [5, 5.41) is 5.06. The minimum atomic E-state index is -0.557. The number of ether oxygens (including phenoxy) is 1. The number of carbonyl (C=O) groups excluding carboxylic acids is 1. The fraction of sp³-hybridized carbons (Fsp3) is 0.280. The number of alkyl halides is 1. The molecular formula is C25H25ClN6O2. The molecular weight excluding hydrogens is 452 g/mol. The SMILES string of the molecule is CC(Cl)C(=O)N1CCC[C@H](n2nc(-c3ccc(Oc4ccccc4)cc3)c3c(N)ncnc32)C1. The molecule has 2 aromatic heterocycles. The molecule has 4 aromatic rings. The fourth-order valence-corrected chi connectivity index (χ4v) is 4.50. The predicted octanol–water partition coefficient (Wildman–Crippen LogP) is 4.66. The highest BCUT2D eigenvalue weighted by Crippen LogP contribution is 2.35. The van der Waals surface area contributed by atoms with Crippen LogP contribution in [0.5, 0.6) is 11.5 Å². The highest BCUT2D eigenvalue weighted by Gasteiger charge is 2.30. The number of likely N-dealkylation sites (tertiary alicyclic amines) is 1. The van der Waals surface area contributed by atoms with Crippen LogP contribution in [-0.4, -0.2) is 49.0 Å². The Hall–Kier alpha value is -3.65. The van der Waals surface area contributed by atoms with Crippen molar-refractivity contribution in [2.24, 2.45) is 0 Å². The van der Waals surface area contributed by atoms with Crippen LogP contribution in [0.3, 0.4) is 0 Å². The van der Waals surface area contributed by atoms with E-state index in [2.05, 4.69) is 9.97 Å². The molecule has 1 aliphatic rings. The van der Waals surface area contributed by atoms with E-state index in [-0.39, 0.29) is 11.9 Å². The van der Waals surface area contributed by atoms with Crippen LogP contribution in [0.4, 0.5) is 5.82 Å². The van der Waals surface area contributed by atoms with Gasteiger partial charge in [-0.3, -0.25) is 4.79 Å². The summed E-state index contributed by atoms with van der Waals surface area (Å²) in [4.78, 5) is 23.0. The van der Waals surface area contributed by atoms with Crippen molar-refractivity contribution >= 4 is 34.4 Å². The lowest BCUT2D eigenvalue weighted by atomic mass is 10.1. The van der Waals surface area contributed by atoms with Crippen molar-refractivity contribution in [1.82, 2.24) is 24.6 Å². The maximum absolute atomic E-state index is 12.5. The molecule has 1 aliphatic heterocycles. The van der Waals surface area contributed by atoms with E-state index in [0.717, 1.165) is 29.9 Å². The molecule has 2 atom stereocenters. The Morgan fingerprint density at radius 3 is 2.59 bits per heavy atom. The number of carbonyl (C=O) groups is 1. The quantitative estimate of drug-likeness (QED) is 0.420. The van der Waals surface area contributed by atoms with Gasteiger partial charge in [0.15, 0.2) is 5.65 Å². The number of nitrogen functional groups attached to an aromatic ring is 1. The van der Waals surface area contributed by atoms with E-state index in [1.807, 2.05) is 59.3 Å².